The maximum atomic E-state index is 7.57. The minimum atomic E-state index is 0. The molecule has 4 heteroatoms. The van der Waals surface area contributed by atoms with Gasteiger partial charge in [0.2, 0.25) is 0 Å². The quantitative estimate of drug-likeness (QED) is 0.319. The van der Waals surface area contributed by atoms with Crippen molar-refractivity contribution >= 4 is 0 Å². The van der Waals surface area contributed by atoms with Crippen molar-refractivity contribution in [1.82, 2.24) is 0 Å². The van der Waals surface area contributed by atoms with Gasteiger partial charge in [-0.05, 0) is 6.92 Å². The topological polar surface area (TPSA) is 42.0 Å². The first-order chi connectivity index (χ1) is 5.35. The monoisotopic (exact) mass is 209 g/mol. The van der Waals surface area contributed by atoms with E-state index in [0.29, 0.717) is 6.10 Å². The van der Waals surface area contributed by atoms with Crippen molar-refractivity contribution in [3.05, 3.63) is 6.92 Å². The molecule has 1 aliphatic heterocycles. The van der Waals surface area contributed by atoms with Crippen LogP contribution < -0.4 is 0 Å². The van der Waals surface area contributed by atoms with Crippen LogP contribution >= 0.6 is 0 Å². The minimum Gasteiger partial charge on any atom is -0.397 e. The Bertz CT molecular complexity index is 76.7. The second kappa shape index (κ2) is 11.6. The van der Waals surface area contributed by atoms with E-state index in [1.54, 1.807) is 6.92 Å². The molecule has 0 saturated carbocycles. The summed E-state index contributed by atoms with van der Waals surface area (Å²) >= 11 is 0. The molecule has 1 fully saturated rings. The standard InChI is InChI=1S/C6H11O2.C2H6O.Ti/c1-2-3-7-4-6-5-8-6;1-2-3;/h6H,1-5H2;3H,2H2,1H3;/q-1;;. The Hall–Kier alpha value is 0.594. The van der Waals surface area contributed by atoms with Gasteiger partial charge < -0.3 is 21.5 Å². The van der Waals surface area contributed by atoms with Crippen LogP contribution in [0.25, 0.3) is 0 Å². The van der Waals surface area contributed by atoms with Gasteiger partial charge in [0.1, 0.15) is 6.10 Å². The summed E-state index contributed by atoms with van der Waals surface area (Å²) in [6.45, 7) is 7.98. The van der Waals surface area contributed by atoms with E-state index in [-0.39, 0.29) is 28.3 Å². The van der Waals surface area contributed by atoms with E-state index < -0.39 is 0 Å². The van der Waals surface area contributed by atoms with Gasteiger partial charge in [0.25, 0.3) is 0 Å². The van der Waals surface area contributed by atoms with Gasteiger partial charge in [0.15, 0.2) is 0 Å². The summed E-state index contributed by atoms with van der Waals surface area (Å²) in [5.41, 5.74) is 0. The van der Waals surface area contributed by atoms with Crippen LogP contribution in [0.3, 0.4) is 0 Å². The third-order valence-electron chi connectivity index (χ3n) is 0.995. The molecule has 0 spiro atoms. The first-order valence-corrected chi connectivity index (χ1v) is 3.94. The molecule has 1 saturated heterocycles. The zero-order valence-corrected chi connectivity index (χ0v) is 9.15. The predicted octanol–water partition coefficient (Wildman–Crippen LogP) is 0.622. The Labute approximate surface area is 89.3 Å². The number of rotatable bonds is 4. The molecule has 0 aromatic carbocycles. The Balaban J connectivity index is 0. The molecule has 0 bridgehead atoms. The van der Waals surface area contributed by atoms with Crippen LogP contribution in [-0.2, 0) is 31.2 Å². The Morgan fingerprint density at radius 3 is 2.50 bits per heavy atom. The number of hydrogen-bond donors (Lipinski definition) is 1. The molecule has 0 aliphatic carbocycles. The molecule has 0 aromatic rings. The molecule has 1 rings (SSSR count). The van der Waals surface area contributed by atoms with Gasteiger partial charge >= 0.3 is 0 Å². The molecule has 0 aromatic heterocycles. The molecular weight excluding hydrogens is 192 g/mol. The molecule has 1 unspecified atom stereocenters. The zero-order valence-electron chi connectivity index (χ0n) is 7.58. The zero-order chi connectivity index (χ0) is 8.53. The van der Waals surface area contributed by atoms with Crippen LogP contribution in [0, 0.1) is 6.92 Å². The molecule has 0 amide bonds. The molecule has 1 atom stereocenters. The Morgan fingerprint density at radius 2 is 2.17 bits per heavy atom. The van der Waals surface area contributed by atoms with E-state index in [9.17, 15) is 0 Å². The summed E-state index contributed by atoms with van der Waals surface area (Å²) in [6, 6.07) is 0. The van der Waals surface area contributed by atoms with Crippen molar-refractivity contribution < 1.29 is 36.3 Å². The van der Waals surface area contributed by atoms with Crippen molar-refractivity contribution in [2.45, 2.75) is 19.4 Å². The molecular formula is C8H17O3Ti-. The Kier molecular flexibility index (Phi) is 14.6. The average Bonchev–Trinajstić information content (AvgIpc) is 2.74. The third-order valence-corrected chi connectivity index (χ3v) is 0.995. The van der Waals surface area contributed by atoms with Crippen LogP contribution in [0.2, 0.25) is 0 Å². The molecule has 1 N–H and O–H groups in total. The molecule has 12 heavy (non-hydrogen) atoms. The molecule has 3 nitrogen and oxygen atoms in total. The summed E-state index contributed by atoms with van der Waals surface area (Å²) in [5.74, 6) is 0. The van der Waals surface area contributed by atoms with Crippen molar-refractivity contribution in [2.24, 2.45) is 0 Å². The fourth-order valence-electron chi connectivity index (χ4n) is 0.481. The minimum absolute atomic E-state index is 0. The number of epoxide rings is 1. The second-order valence-corrected chi connectivity index (χ2v) is 2.20. The van der Waals surface area contributed by atoms with Crippen LogP contribution in [0.15, 0.2) is 0 Å². The predicted molar refractivity (Wildman–Crippen MR) is 43.3 cm³/mol. The van der Waals surface area contributed by atoms with Gasteiger partial charge in [-0.1, -0.05) is 0 Å². The average molecular weight is 209 g/mol. The largest absolute Gasteiger partial charge is 0.397 e. The van der Waals surface area contributed by atoms with Crippen LogP contribution in [0.1, 0.15) is 13.3 Å². The summed E-state index contributed by atoms with van der Waals surface area (Å²) in [5, 5.41) is 7.57. The fraction of sp³-hybridized carbons (Fsp3) is 0.875. The van der Waals surface area contributed by atoms with Crippen molar-refractivity contribution in [3.63, 3.8) is 0 Å². The normalized spacial score (nSPS) is 18.8. The first-order valence-electron chi connectivity index (χ1n) is 3.94. The summed E-state index contributed by atoms with van der Waals surface area (Å²) in [4.78, 5) is 0. The molecule has 1 heterocycles. The van der Waals surface area contributed by atoms with Crippen molar-refractivity contribution in [1.29, 1.82) is 0 Å². The number of aliphatic hydroxyl groups is 1. The SMILES string of the molecule is CCO.[CH2-]CCOCC1CO1.[Ti]. The van der Waals surface area contributed by atoms with Gasteiger partial charge in [0, 0.05) is 34.9 Å². The van der Waals surface area contributed by atoms with E-state index in [0.717, 1.165) is 26.2 Å². The van der Waals surface area contributed by atoms with E-state index in [4.69, 9.17) is 14.6 Å². The molecule has 0 radical (unpaired) electrons. The number of hydrogen-bond acceptors (Lipinski definition) is 3. The first kappa shape index (κ1) is 15.1. The van der Waals surface area contributed by atoms with E-state index in [1.807, 2.05) is 0 Å². The van der Waals surface area contributed by atoms with Gasteiger partial charge in [0.05, 0.1) is 13.2 Å². The van der Waals surface area contributed by atoms with Crippen LogP contribution in [0.4, 0.5) is 0 Å². The third kappa shape index (κ3) is 13.2. The maximum absolute atomic E-state index is 7.57. The van der Waals surface area contributed by atoms with Crippen molar-refractivity contribution in [3.8, 4) is 0 Å². The van der Waals surface area contributed by atoms with Crippen LogP contribution in [0.5, 0.6) is 0 Å². The van der Waals surface area contributed by atoms with E-state index in [2.05, 4.69) is 6.92 Å². The summed E-state index contributed by atoms with van der Waals surface area (Å²) < 4.78 is 10.0. The number of aliphatic hydroxyl groups excluding tert-OH is 1. The van der Waals surface area contributed by atoms with Gasteiger partial charge in [-0.15, -0.1) is 0 Å². The van der Waals surface area contributed by atoms with E-state index in [1.165, 1.54) is 0 Å². The van der Waals surface area contributed by atoms with Gasteiger partial charge in [-0.3, -0.25) is 0 Å². The maximum Gasteiger partial charge on any atom is 0.104 e. The number of ether oxygens (including phenoxy) is 2. The summed E-state index contributed by atoms with van der Waals surface area (Å²) in [7, 11) is 0. The fourth-order valence-corrected chi connectivity index (χ4v) is 0.481. The second-order valence-electron chi connectivity index (χ2n) is 2.20. The van der Waals surface area contributed by atoms with Crippen molar-refractivity contribution in [2.75, 3.05) is 26.4 Å². The smallest absolute Gasteiger partial charge is 0.104 e. The molecule has 72 valence electrons. The van der Waals surface area contributed by atoms with Gasteiger partial charge in [-0.2, -0.15) is 6.42 Å². The molecule has 1 aliphatic rings. The van der Waals surface area contributed by atoms with E-state index >= 15 is 0 Å². The van der Waals surface area contributed by atoms with Gasteiger partial charge in [-0.25, -0.2) is 0 Å². The van der Waals surface area contributed by atoms with Crippen LogP contribution in [-0.4, -0.2) is 37.6 Å². The Morgan fingerprint density at radius 1 is 1.67 bits per heavy atom. The summed E-state index contributed by atoms with van der Waals surface area (Å²) in [6.07, 6.45) is 1.26.